The summed E-state index contributed by atoms with van der Waals surface area (Å²) >= 11 is 9.09. The summed E-state index contributed by atoms with van der Waals surface area (Å²) in [6.07, 6.45) is 4.25. The number of carbonyl (C=O) groups excluding carboxylic acids is 1. The summed E-state index contributed by atoms with van der Waals surface area (Å²) in [6, 6.07) is 15.9. The molecule has 0 fully saturated rings. The molecule has 0 radical (unpaired) electrons. The summed E-state index contributed by atoms with van der Waals surface area (Å²) in [6.45, 7) is 0. The third kappa shape index (κ3) is 5.33. The topological polar surface area (TPSA) is 42.9 Å². The first-order chi connectivity index (χ1) is 12.1. The second-order valence-electron chi connectivity index (χ2n) is 5.10. The van der Waals surface area contributed by atoms with E-state index in [-0.39, 0.29) is 14.9 Å². The van der Waals surface area contributed by atoms with E-state index in [0.29, 0.717) is 5.69 Å². The molecule has 0 atom stereocenters. The van der Waals surface area contributed by atoms with Gasteiger partial charge in [-0.3, -0.25) is 9.78 Å². The number of fused-ring (bicyclic) bond motifs is 2. The largest absolute Gasteiger partial charge is 0.296 e. The zero-order valence-electron chi connectivity index (χ0n) is 12.8. The molecule has 4 aromatic rings. The number of benzene rings is 2. The molecule has 140 valence electrons. The van der Waals surface area contributed by atoms with Gasteiger partial charge in [0, 0.05) is 37.5 Å². The second kappa shape index (κ2) is 10.8. The van der Waals surface area contributed by atoms with Crippen LogP contribution in [0.4, 0.5) is 0 Å². The van der Waals surface area contributed by atoms with E-state index in [2.05, 4.69) is 76.6 Å². The number of carbonyl (C=O) groups is 1. The average Bonchev–Trinajstić information content (AvgIpc) is 2.66. The zero-order valence-corrected chi connectivity index (χ0v) is 18.1. The summed E-state index contributed by atoms with van der Waals surface area (Å²) in [5, 5.41) is 4.32. The Bertz CT molecular complexity index is 1030. The Hall–Kier alpha value is -1.38. The van der Waals surface area contributed by atoms with Gasteiger partial charge in [0.15, 0.2) is 6.29 Å². The van der Waals surface area contributed by atoms with E-state index < -0.39 is 0 Å². The van der Waals surface area contributed by atoms with Crippen molar-refractivity contribution in [3.63, 3.8) is 0 Å². The first kappa shape index (κ1) is 23.7. The van der Waals surface area contributed by atoms with Crippen molar-refractivity contribution >= 4 is 82.3 Å². The number of nitrogens with zero attached hydrogens (tertiary/aromatic N) is 2. The van der Waals surface area contributed by atoms with Gasteiger partial charge in [0.2, 0.25) is 0 Å². The van der Waals surface area contributed by atoms with E-state index in [4.69, 9.17) is 0 Å². The van der Waals surface area contributed by atoms with E-state index in [0.717, 1.165) is 29.7 Å². The molecule has 0 unspecified atom stereocenters. The zero-order chi connectivity index (χ0) is 17.8. The first-order valence-electron chi connectivity index (χ1n) is 7.29. The molecule has 0 aliphatic rings. The van der Waals surface area contributed by atoms with Crippen LogP contribution in [0.15, 0.2) is 69.9 Å². The maximum Gasteiger partial charge on any atom is 0.169 e. The molecular formula is C21H19Br2IN2O. The van der Waals surface area contributed by atoms with Crippen LogP contribution in [-0.4, -0.2) is 16.3 Å². The van der Waals surface area contributed by atoms with Crippen LogP contribution in [0, 0.1) is 3.70 Å². The molecule has 2 heterocycles. The molecular weight excluding hydrogens is 583 g/mol. The van der Waals surface area contributed by atoms with Crippen LogP contribution in [0.1, 0.15) is 25.3 Å². The van der Waals surface area contributed by atoms with Crippen LogP contribution in [0.2, 0.25) is 0 Å². The number of hydrogen-bond donors (Lipinski definition) is 0. The fourth-order valence-electron chi connectivity index (χ4n) is 2.40. The maximum atomic E-state index is 10.7. The SMILES string of the molecule is Brc1cnc(I)c2ccccc12.C.C.O=Cc1ncc(Br)c2ccccc12. The standard InChI is InChI=1S/C10H6BrNO.C9H5BrIN.2CH4/c11-9-5-12-10(6-13)8-4-2-1-3-7(8)9;10-8-5-12-9(11)7-4-2-1-3-6(7)8;;/h1-6H;1-5H;2*1H4. The molecule has 0 aliphatic heterocycles. The monoisotopic (exact) mass is 600 g/mol. The van der Waals surface area contributed by atoms with Gasteiger partial charge in [-0.1, -0.05) is 63.4 Å². The van der Waals surface area contributed by atoms with Crippen LogP contribution < -0.4 is 0 Å². The Morgan fingerprint density at radius 3 is 1.70 bits per heavy atom. The van der Waals surface area contributed by atoms with E-state index in [1.807, 2.05) is 42.6 Å². The van der Waals surface area contributed by atoms with E-state index in [9.17, 15) is 4.79 Å². The molecule has 4 rings (SSSR count). The van der Waals surface area contributed by atoms with Gasteiger partial charge in [0.25, 0.3) is 0 Å². The van der Waals surface area contributed by atoms with Gasteiger partial charge in [0.05, 0.1) is 0 Å². The minimum atomic E-state index is 0. The third-order valence-electron chi connectivity index (χ3n) is 3.59. The maximum absolute atomic E-state index is 10.7. The van der Waals surface area contributed by atoms with Crippen molar-refractivity contribution in [1.82, 2.24) is 9.97 Å². The van der Waals surface area contributed by atoms with E-state index in [1.165, 1.54) is 10.8 Å². The fourth-order valence-corrected chi connectivity index (χ4v) is 3.90. The number of aldehydes is 1. The highest BCUT2D eigenvalue weighted by molar-refractivity contribution is 14.1. The lowest BCUT2D eigenvalue weighted by atomic mass is 10.1. The Kier molecular flexibility index (Phi) is 9.49. The van der Waals surface area contributed by atoms with Crippen molar-refractivity contribution in [1.29, 1.82) is 0 Å². The minimum Gasteiger partial charge on any atom is -0.296 e. The molecule has 0 amide bonds. The predicted molar refractivity (Wildman–Crippen MR) is 130 cm³/mol. The summed E-state index contributed by atoms with van der Waals surface area (Å²) < 4.78 is 3.01. The average molecular weight is 602 g/mol. The van der Waals surface area contributed by atoms with Gasteiger partial charge in [-0.05, 0) is 59.8 Å². The first-order valence-corrected chi connectivity index (χ1v) is 9.95. The summed E-state index contributed by atoms with van der Waals surface area (Å²) in [5.41, 5.74) is 0.485. The number of halogens is 3. The summed E-state index contributed by atoms with van der Waals surface area (Å²) in [7, 11) is 0. The fraction of sp³-hybridized carbons (Fsp3) is 0.0952. The normalized spacial score (nSPS) is 9.59. The van der Waals surface area contributed by atoms with Crippen LogP contribution in [0.25, 0.3) is 21.5 Å². The highest BCUT2D eigenvalue weighted by atomic mass is 127. The molecule has 0 saturated heterocycles. The molecule has 2 aromatic heterocycles. The highest BCUT2D eigenvalue weighted by Gasteiger charge is 2.03. The van der Waals surface area contributed by atoms with Crippen LogP contribution in [0.5, 0.6) is 0 Å². The molecule has 0 aliphatic carbocycles. The minimum absolute atomic E-state index is 0. The Morgan fingerprint density at radius 1 is 0.741 bits per heavy atom. The van der Waals surface area contributed by atoms with Gasteiger partial charge >= 0.3 is 0 Å². The van der Waals surface area contributed by atoms with Gasteiger partial charge in [-0.2, -0.15) is 0 Å². The van der Waals surface area contributed by atoms with Crippen molar-refractivity contribution in [2.24, 2.45) is 0 Å². The lowest BCUT2D eigenvalue weighted by Gasteiger charge is -2.00. The summed E-state index contributed by atoms with van der Waals surface area (Å²) in [4.78, 5) is 18.9. The molecule has 2 aromatic carbocycles. The molecule has 27 heavy (non-hydrogen) atoms. The third-order valence-corrected chi connectivity index (χ3v) is 5.71. The van der Waals surface area contributed by atoms with Crippen LogP contribution in [-0.2, 0) is 0 Å². The summed E-state index contributed by atoms with van der Waals surface area (Å²) in [5.74, 6) is 0. The van der Waals surface area contributed by atoms with Crippen molar-refractivity contribution in [2.45, 2.75) is 14.9 Å². The molecule has 0 spiro atoms. The number of hydrogen-bond acceptors (Lipinski definition) is 3. The number of rotatable bonds is 1. The van der Waals surface area contributed by atoms with Gasteiger partial charge in [0.1, 0.15) is 9.39 Å². The highest BCUT2D eigenvalue weighted by Crippen LogP contribution is 2.25. The smallest absolute Gasteiger partial charge is 0.169 e. The Labute approximate surface area is 190 Å². The molecule has 6 heteroatoms. The molecule has 0 N–H and O–H groups in total. The lowest BCUT2D eigenvalue weighted by molar-refractivity contribution is 0.112. The Balaban J connectivity index is 0.000000252. The quantitative estimate of drug-likeness (QED) is 0.128. The molecule has 0 bridgehead atoms. The molecule has 3 nitrogen and oxygen atoms in total. The van der Waals surface area contributed by atoms with Crippen molar-refractivity contribution in [3.8, 4) is 0 Å². The van der Waals surface area contributed by atoms with Crippen LogP contribution in [0.3, 0.4) is 0 Å². The number of pyridine rings is 2. The van der Waals surface area contributed by atoms with Crippen molar-refractivity contribution < 1.29 is 4.79 Å². The second-order valence-corrected chi connectivity index (χ2v) is 7.83. The lowest BCUT2D eigenvalue weighted by Crippen LogP contribution is -1.88. The van der Waals surface area contributed by atoms with Gasteiger partial charge in [-0.15, -0.1) is 0 Å². The Morgan fingerprint density at radius 2 is 1.19 bits per heavy atom. The van der Waals surface area contributed by atoms with Gasteiger partial charge in [-0.25, -0.2) is 4.98 Å². The van der Waals surface area contributed by atoms with Crippen molar-refractivity contribution in [3.05, 3.63) is 79.3 Å². The van der Waals surface area contributed by atoms with E-state index >= 15 is 0 Å². The van der Waals surface area contributed by atoms with E-state index in [1.54, 1.807) is 6.20 Å². The number of aromatic nitrogens is 2. The van der Waals surface area contributed by atoms with Crippen molar-refractivity contribution in [2.75, 3.05) is 0 Å². The van der Waals surface area contributed by atoms with Crippen LogP contribution >= 0.6 is 54.5 Å². The predicted octanol–water partition coefficient (Wildman–Crippen LogP) is 7.68. The molecule has 0 saturated carbocycles. The van der Waals surface area contributed by atoms with Gasteiger partial charge < -0.3 is 0 Å².